The first kappa shape index (κ1) is 8.25. The maximum atomic E-state index is 5.61. The predicted molar refractivity (Wildman–Crippen MR) is 46.5 cm³/mol. The van der Waals surface area contributed by atoms with Crippen molar-refractivity contribution in [3.05, 3.63) is 0 Å². The van der Waals surface area contributed by atoms with Gasteiger partial charge in [0.15, 0.2) is 6.70 Å². The van der Waals surface area contributed by atoms with E-state index in [9.17, 15) is 0 Å². The van der Waals surface area contributed by atoms with Gasteiger partial charge in [-0.3, -0.25) is 0 Å². The largest absolute Gasteiger partial charge is 0.451 e. The molecule has 51 valence electrons. The molecule has 0 N–H and O–H groups in total. The van der Waals surface area contributed by atoms with Crippen molar-refractivity contribution in [3.63, 3.8) is 0 Å². The summed E-state index contributed by atoms with van der Waals surface area (Å²) in [4.78, 5) is 0. The Kier molecular flexibility index (Phi) is 1.71. The minimum absolute atomic E-state index is 0.0897. The molecule has 0 atom stereocenters. The molecule has 1 heterocycles. The minimum atomic E-state index is -0.190. The van der Waals surface area contributed by atoms with Crippen LogP contribution in [0.5, 0.6) is 0 Å². The van der Waals surface area contributed by atoms with Gasteiger partial charge in [0, 0.05) is 5.60 Å². The molecule has 0 amide bonds. The predicted octanol–water partition coefficient (Wildman–Crippen LogP) is 0.851. The van der Waals surface area contributed by atoms with Gasteiger partial charge in [-0.15, -0.1) is 0 Å². The summed E-state index contributed by atoms with van der Waals surface area (Å²) in [6.07, 6.45) is 0. The highest BCUT2D eigenvalue weighted by atomic mass is 16.5. The zero-order valence-corrected chi connectivity index (χ0v) is 7.14. The fraction of sp³-hybridized carbons (Fsp3) is 1.00. The van der Waals surface area contributed by atoms with E-state index in [4.69, 9.17) is 12.4 Å². The van der Waals surface area contributed by atoms with Gasteiger partial charge in [-0.1, -0.05) is 13.8 Å². The Balaban J connectivity index is 2.78. The Morgan fingerprint density at radius 3 is 1.90 bits per heavy atom. The van der Waals surface area contributed by atoms with Crippen molar-refractivity contribution in [2.75, 3.05) is 0 Å². The van der Waals surface area contributed by atoms with Crippen molar-refractivity contribution in [1.29, 1.82) is 0 Å². The number of hydrogen-bond acceptors (Lipinski definition) is 1. The van der Waals surface area contributed by atoms with Crippen molar-refractivity contribution in [1.82, 2.24) is 0 Å². The first-order valence-corrected chi connectivity index (χ1v) is 3.65. The van der Waals surface area contributed by atoms with Crippen LogP contribution in [0.25, 0.3) is 0 Å². The maximum absolute atomic E-state index is 5.61. The van der Waals surface area contributed by atoms with E-state index in [1.165, 1.54) is 0 Å². The molecule has 1 aliphatic rings. The van der Waals surface area contributed by atoms with Crippen LogP contribution in [0.1, 0.15) is 27.7 Å². The van der Waals surface area contributed by atoms with Crippen molar-refractivity contribution in [2.45, 2.75) is 38.6 Å². The second kappa shape index (κ2) is 2.07. The maximum Gasteiger partial charge on any atom is 0.197 e. The van der Waals surface area contributed by atoms with Crippen LogP contribution in [0, 0.1) is 0 Å². The highest BCUT2D eigenvalue weighted by Crippen LogP contribution is 2.44. The molecule has 3 radical (unpaired) electrons. The van der Waals surface area contributed by atoms with Crippen molar-refractivity contribution in [3.8, 4) is 0 Å². The summed E-state index contributed by atoms with van der Waals surface area (Å²) in [6, 6.07) is 0. The Morgan fingerprint density at radius 1 is 1.30 bits per heavy atom. The van der Waals surface area contributed by atoms with E-state index >= 15 is 0 Å². The summed E-state index contributed by atoms with van der Waals surface area (Å²) in [6.45, 7) is 8.22. The number of rotatable bonds is 0. The molecule has 1 saturated heterocycles. The summed E-state index contributed by atoms with van der Waals surface area (Å²) in [5.41, 5.74) is -0.119. The third-order valence-electron chi connectivity index (χ3n) is 2.56. The summed E-state index contributed by atoms with van der Waals surface area (Å²) in [5, 5.41) is 0.0897. The second-order valence-electron chi connectivity index (χ2n) is 3.98. The van der Waals surface area contributed by atoms with E-state index in [0.717, 1.165) is 0 Å². The summed E-state index contributed by atoms with van der Waals surface area (Å²) in [5.74, 6) is 0. The highest BCUT2D eigenvalue weighted by molar-refractivity contribution is 7.33. The van der Waals surface area contributed by atoms with Crippen LogP contribution in [0.4, 0.5) is 0 Å². The second-order valence-corrected chi connectivity index (χ2v) is 3.98. The lowest BCUT2D eigenvalue weighted by Gasteiger charge is -2.35. The molecule has 10 heavy (non-hydrogen) atoms. The molecule has 0 unspecified atom stereocenters. The lowest BCUT2D eigenvalue weighted by Crippen LogP contribution is -2.31. The van der Waals surface area contributed by atoms with Crippen LogP contribution in [0.15, 0.2) is 0 Å². The lowest BCUT2D eigenvalue weighted by molar-refractivity contribution is 0.0895. The van der Waals surface area contributed by atoms with E-state index in [0.29, 0.717) is 0 Å². The lowest BCUT2D eigenvalue weighted by atomic mass is 9.17. The van der Waals surface area contributed by atoms with E-state index in [2.05, 4.69) is 27.7 Å². The van der Waals surface area contributed by atoms with Gasteiger partial charge in [-0.25, -0.2) is 0 Å². The van der Waals surface area contributed by atoms with Crippen LogP contribution >= 0.6 is 0 Å². The molecule has 0 aromatic heterocycles. The summed E-state index contributed by atoms with van der Waals surface area (Å²) < 4.78 is 5.49. The molecule has 0 saturated carbocycles. The summed E-state index contributed by atoms with van der Waals surface area (Å²) >= 11 is 0. The molecule has 0 aromatic carbocycles. The average molecular weight is 133 g/mol. The number of hydrogen-bond donors (Lipinski definition) is 0. The molecule has 0 aliphatic carbocycles. The van der Waals surface area contributed by atoms with Crippen LogP contribution in [0.2, 0.25) is 5.31 Å². The van der Waals surface area contributed by atoms with Crippen LogP contribution in [0.3, 0.4) is 0 Å². The van der Waals surface area contributed by atoms with Gasteiger partial charge in [0.2, 0.25) is 0 Å². The molecular formula is C6H12B3O. The fourth-order valence-electron chi connectivity index (χ4n) is 1.14. The van der Waals surface area contributed by atoms with Crippen molar-refractivity contribution >= 4 is 21.6 Å². The Morgan fingerprint density at radius 2 is 1.80 bits per heavy atom. The molecule has 1 fully saturated rings. The molecule has 0 bridgehead atoms. The van der Waals surface area contributed by atoms with Gasteiger partial charge in [-0.05, 0) is 19.2 Å². The fourth-order valence-corrected chi connectivity index (χ4v) is 1.14. The third kappa shape index (κ3) is 1.14. The smallest absolute Gasteiger partial charge is 0.197 e. The molecule has 1 aliphatic heterocycles. The molecular weight excluding hydrogens is 121 g/mol. The molecule has 4 heteroatoms. The van der Waals surface area contributed by atoms with Crippen LogP contribution < -0.4 is 0 Å². The first-order valence-electron chi connectivity index (χ1n) is 3.65. The molecule has 0 spiro atoms. The SMILES string of the molecule is [B]B1[B]C(C)(C)C(C)(C)O1. The Hall–Kier alpha value is 0.155. The van der Waals surface area contributed by atoms with Crippen molar-refractivity contribution in [2.24, 2.45) is 0 Å². The van der Waals surface area contributed by atoms with E-state index in [1.807, 2.05) is 7.17 Å². The highest BCUT2D eigenvalue weighted by Gasteiger charge is 2.46. The molecule has 1 rings (SSSR count). The van der Waals surface area contributed by atoms with Gasteiger partial charge in [0.1, 0.15) is 7.17 Å². The standard InChI is InChI=1S/C6H12B3O/c1-5(2)6(3,4)10-9(7)8-5/h1-4H3. The quantitative estimate of drug-likeness (QED) is 0.444. The van der Waals surface area contributed by atoms with Gasteiger partial charge >= 0.3 is 0 Å². The topological polar surface area (TPSA) is 9.23 Å². The summed E-state index contributed by atoms with van der Waals surface area (Å²) in [7, 11) is 7.66. The first-order chi connectivity index (χ1) is 4.35. The monoisotopic (exact) mass is 133 g/mol. The van der Waals surface area contributed by atoms with Gasteiger partial charge < -0.3 is 4.65 Å². The molecule has 1 nitrogen and oxygen atoms in total. The zero-order valence-electron chi connectivity index (χ0n) is 7.14. The molecule has 0 aromatic rings. The Bertz CT molecular complexity index is 128. The average Bonchev–Trinajstić information content (AvgIpc) is 1.73. The third-order valence-corrected chi connectivity index (χ3v) is 2.56. The minimum Gasteiger partial charge on any atom is -0.451 e. The van der Waals surface area contributed by atoms with Crippen LogP contribution in [-0.2, 0) is 4.65 Å². The van der Waals surface area contributed by atoms with Gasteiger partial charge in [0.05, 0.1) is 7.74 Å². The van der Waals surface area contributed by atoms with E-state index in [-0.39, 0.29) is 17.6 Å². The zero-order chi connectivity index (χ0) is 7.99. The van der Waals surface area contributed by atoms with E-state index < -0.39 is 0 Å². The van der Waals surface area contributed by atoms with E-state index in [1.54, 1.807) is 0 Å². The van der Waals surface area contributed by atoms with Crippen LogP contribution in [-0.4, -0.2) is 27.2 Å². The van der Waals surface area contributed by atoms with Gasteiger partial charge in [-0.2, -0.15) is 0 Å². The Labute approximate surface area is 65.6 Å². The van der Waals surface area contributed by atoms with Gasteiger partial charge in [0.25, 0.3) is 0 Å². The normalized spacial score (nSPS) is 28.2. The van der Waals surface area contributed by atoms with Crippen molar-refractivity contribution < 1.29 is 4.65 Å².